The first-order valence-electron chi connectivity index (χ1n) is 6.13. The van der Waals surface area contributed by atoms with E-state index in [-0.39, 0.29) is 5.82 Å². The Hall–Kier alpha value is -1.35. The molecule has 0 radical (unpaired) electrons. The molecule has 1 aromatic heterocycles. The summed E-state index contributed by atoms with van der Waals surface area (Å²) >= 11 is 0. The molecule has 3 rings (SSSR count). The maximum Gasteiger partial charge on any atom is 0.125 e. The third-order valence-corrected chi connectivity index (χ3v) is 3.97. The molecule has 0 saturated carbocycles. The number of halogens is 1. The molecule has 1 aliphatic heterocycles. The standard InChI is InChI=1S/C14H17FN2/c1-9-14(10-5-6-16-8-10)12-4-3-11(15)7-13(12)17(9)2/h3-4,7,10,16H,5-6,8H2,1-2H3. The van der Waals surface area contributed by atoms with Crippen LogP contribution in [0.2, 0.25) is 0 Å². The highest BCUT2D eigenvalue weighted by molar-refractivity contribution is 5.86. The van der Waals surface area contributed by atoms with Crippen molar-refractivity contribution in [2.75, 3.05) is 13.1 Å². The molecule has 17 heavy (non-hydrogen) atoms. The summed E-state index contributed by atoms with van der Waals surface area (Å²) in [6, 6.07) is 5.12. The molecule has 1 aliphatic rings. The number of rotatable bonds is 1. The van der Waals surface area contributed by atoms with Crippen molar-refractivity contribution in [3.8, 4) is 0 Å². The lowest BCUT2D eigenvalue weighted by atomic mass is 9.95. The third kappa shape index (κ3) is 1.57. The molecule has 1 saturated heterocycles. The van der Waals surface area contributed by atoms with Crippen molar-refractivity contribution in [2.45, 2.75) is 19.3 Å². The van der Waals surface area contributed by atoms with E-state index in [4.69, 9.17) is 0 Å². The highest BCUT2D eigenvalue weighted by atomic mass is 19.1. The number of aryl methyl sites for hydroxylation is 1. The van der Waals surface area contributed by atoms with Crippen molar-refractivity contribution in [3.05, 3.63) is 35.3 Å². The molecule has 0 aliphatic carbocycles. The molecular formula is C14H17FN2. The maximum atomic E-state index is 13.3. The van der Waals surface area contributed by atoms with E-state index in [1.165, 1.54) is 23.1 Å². The highest BCUT2D eigenvalue weighted by Crippen LogP contribution is 2.34. The van der Waals surface area contributed by atoms with Crippen LogP contribution in [0.3, 0.4) is 0 Å². The smallest absolute Gasteiger partial charge is 0.125 e. The second kappa shape index (κ2) is 3.84. The van der Waals surface area contributed by atoms with Crippen LogP contribution in [0.1, 0.15) is 23.6 Å². The zero-order valence-corrected chi connectivity index (χ0v) is 10.3. The molecule has 3 heteroatoms. The van der Waals surface area contributed by atoms with Crippen LogP contribution in [0.25, 0.3) is 10.9 Å². The van der Waals surface area contributed by atoms with Gasteiger partial charge in [0.2, 0.25) is 0 Å². The minimum atomic E-state index is -0.158. The van der Waals surface area contributed by atoms with Crippen LogP contribution in [-0.4, -0.2) is 17.7 Å². The van der Waals surface area contributed by atoms with Crippen LogP contribution >= 0.6 is 0 Å². The van der Waals surface area contributed by atoms with Gasteiger partial charge in [-0.25, -0.2) is 4.39 Å². The summed E-state index contributed by atoms with van der Waals surface area (Å²) in [6.45, 7) is 4.25. The maximum absolute atomic E-state index is 13.3. The summed E-state index contributed by atoms with van der Waals surface area (Å²) in [5.74, 6) is 0.415. The molecule has 2 heterocycles. The molecule has 1 atom stereocenters. The van der Waals surface area contributed by atoms with Crippen LogP contribution in [0.15, 0.2) is 18.2 Å². The first-order valence-corrected chi connectivity index (χ1v) is 6.13. The van der Waals surface area contributed by atoms with Gasteiger partial charge >= 0.3 is 0 Å². The molecular weight excluding hydrogens is 215 g/mol. The Morgan fingerprint density at radius 1 is 1.41 bits per heavy atom. The number of hydrogen-bond acceptors (Lipinski definition) is 1. The van der Waals surface area contributed by atoms with E-state index in [1.54, 1.807) is 12.1 Å². The quantitative estimate of drug-likeness (QED) is 0.800. The van der Waals surface area contributed by atoms with Crippen LogP contribution in [0.5, 0.6) is 0 Å². The zero-order chi connectivity index (χ0) is 12.0. The molecule has 0 bridgehead atoms. The number of fused-ring (bicyclic) bond motifs is 1. The van der Waals surface area contributed by atoms with Crippen LogP contribution < -0.4 is 5.32 Å². The number of benzene rings is 1. The van der Waals surface area contributed by atoms with Gasteiger partial charge in [-0.2, -0.15) is 0 Å². The molecule has 1 N–H and O–H groups in total. The average Bonchev–Trinajstić information content (AvgIpc) is 2.90. The van der Waals surface area contributed by atoms with E-state index in [2.05, 4.69) is 16.8 Å². The van der Waals surface area contributed by atoms with Crippen molar-refractivity contribution >= 4 is 10.9 Å². The van der Waals surface area contributed by atoms with Crippen molar-refractivity contribution in [2.24, 2.45) is 7.05 Å². The zero-order valence-electron chi connectivity index (χ0n) is 10.3. The number of nitrogens with one attached hydrogen (secondary N) is 1. The van der Waals surface area contributed by atoms with E-state index < -0.39 is 0 Å². The van der Waals surface area contributed by atoms with Gasteiger partial charge < -0.3 is 9.88 Å². The van der Waals surface area contributed by atoms with Gasteiger partial charge in [-0.15, -0.1) is 0 Å². The number of nitrogens with zero attached hydrogens (tertiary/aromatic N) is 1. The summed E-state index contributed by atoms with van der Waals surface area (Å²) in [4.78, 5) is 0. The van der Waals surface area contributed by atoms with Gasteiger partial charge in [0.25, 0.3) is 0 Å². The molecule has 2 nitrogen and oxygen atoms in total. The van der Waals surface area contributed by atoms with Gasteiger partial charge in [0, 0.05) is 24.7 Å². The molecule has 1 fully saturated rings. The van der Waals surface area contributed by atoms with E-state index in [0.29, 0.717) is 5.92 Å². The van der Waals surface area contributed by atoms with Gasteiger partial charge in [-0.1, -0.05) is 0 Å². The lowest BCUT2D eigenvalue weighted by Crippen LogP contribution is -2.08. The Bertz CT molecular complexity index is 565. The second-order valence-electron chi connectivity index (χ2n) is 4.91. The molecule has 1 aromatic carbocycles. The second-order valence-corrected chi connectivity index (χ2v) is 4.91. The Labute approximate surface area is 100 Å². The summed E-state index contributed by atoms with van der Waals surface area (Å²) in [5.41, 5.74) is 3.66. The van der Waals surface area contributed by atoms with Crippen molar-refractivity contribution in [3.63, 3.8) is 0 Å². The Morgan fingerprint density at radius 2 is 2.24 bits per heavy atom. The topological polar surface area (TPSA) is 17.0 Å². The van der Waals surface area contributed by atoms with Gasteiger partial charge in [0.15, 0.2) is 0 Å². The number of aromatic nitrogens is 1. The average molecular weight is 232 g/mol. The van der Waals surface area contributed by atoms with Gasteiger partial charge in [-0.05, 0) is 49.6 Å². The van der Waals surface area contributed by atoms with Gasteiger partial charge in [-0.3, -0.25) is 0 Å². The van der Waals surface area contributed by atoms with E-state index in [0.717, 1.165) is 18.6 Å². The predicted molar refractivity (Wildman–Crippen MR) is 67.8 cm³/mol. The van der Waals surface area contributed by atoms with Crippen LogP contribution in [-0.2, 0) is 7.05 Å². The minimum absolute atomic E-state index is 0.158. The van der Waals surface area contributed by atoms with Gasteiger partial charge in [0.05, 0.1) is 5.52 Å². The lowest BCUT2D eigenvalue weighted by molar-refractivity contribution is 0.629. The molecule has 2 aromatic rings. The van der Waals surface area contributed by atoms with Crippen LogP contribution in [0.4, 0.5) is 4.39 Å². The summed E-state index contributed by atoms with van der Waals surface area (Å²) < 4.78 is 15.4. The molecule has 0 amide bonds. The Kier molecular flexibility index (Phi) is 2.44. The Balaban J connectivity index is 2.26. The number of hydrogen-bond donors (Lipinski definition) is 1. The monoisotopic (exact) mass is 232 g/mol. The minimum Gasteiger partial charge on any atom is -0.348 e. The fourth-order valence-corrected chi connectivity index (χ4v) is 2.98. The first kappa shape index (κ1) is 10.8. The molecule has 1 unspecified atom stereocenters. The normalized spacial score (nSPS) is 20.3. The van der Waals surface area contributed by atoms with Gasteiger partial charge in [0.1, 0.15) is 5.82 Å². The summed E-state index contributed by atoms with van der Waals surface area (Å²) in [7, 11) is 2.02. The summed E-state index contributed by atoms with van der Waals surface area (Å²) in [5, 5.41) is 4.61. The Morgan fingerprint density at radius 3 is 2.94 bits per heavy atom. The highest BCUT2D eigenvalue weighted by Gasteiger charge is 2.23. The van der Waals surface area contributed by atoms with E-state index >= 15 is 0 Å². The molecule has 0 spiro atoms. The fourth-order valence-electron chi connectivity index (χ4n) is 2.98. The third-order valence-electron chi connectivity index (χ3n) is 3.97. The van der Waals surface area contributed by atoms with Crippen LogP contribution in [0, 0.1) is 12.7 Å². The summed E-state index contributed by atoms with van der Waals surface area (Å²) in [6.07, 6.45) is 1.18. The fraction of sp³-hybridized carbons (Fsp3) is 0.429. The van der Waals surface area contributed by atoms with E-state index in [1.807, 2.05) is 13.1 Å². The SMILES string of the molecule is Cc1c(C2CCNC2)c2ccc(F)cc2n1C. The largest absolute Gasteiger partial charge is 0.348 e. The van der Waals surface area contributed by atoms with Crippen molar-refractivity contribution in [1.82, 2.24) is 9.88 Å². The molecule has 90 valence electrons. The lowest BCUT2D eigenvalue weighted by Gasteiger charge is -2.09. The first-order chi connectivity index (χ1) is 8.18. The van der Waals surface area contributed by atoms with E-state index in [9.17, 15) is 4.39 Å². The predicted octanol–water partition coefficient (Wildman–Crippen LogP) is 2.70. The van der Waals surface area contributed by atoms with Crippen molar-refractivity contribution in [1.29, 1.82) is 0 Å². The van der Waals surface area contributed by atoms with Crippen molar-refractivity contribution < 1.29 is 4.39 Å².